The van der Waals surface area contributed by atoms with Crippen LogP contribution in [0.1, 0.15) is 32.6 Å². The van der Waals surface area contributed by atoms with Crippen molar-refractivity contribution in [3.8, 4) is 0 Å². The molecule has 1 rings (SSSR count). The molecule has 12 heavy (non-hydrogen) atoms. The fourth-order valence-electron chi connectivity index (χ4n) is 2.30. The van der Waals surface area contributed by atoms with E-state index in [1.165, 1.54) is 12.8 Å². The first-order valence-electron chi connectivity index (χ1n) is 4.99. The summed E-state index contributed by atoms with van der Waals surface area (Å²) in [7, 11) is 4.23. The van der Waals surface area contributed by atoms with E-state index in [2.05, 4.69) is 25.9 Å². The molecule has 2 heteroatoms. The van der Waals surface area contributed by atoms with E-state index < -0.39 is 0 Å². The Balaban J connectivity index is 2.52. The van der Waals surface area contributed by atoms with Gasteiger partial charge in [0, 0.05) is 6.04 Å². The highest BCUT2D eigenvalue weighted by molar-refractivity contribution is 4.83. The summed E-state index contributed by atoms with van der Waals surface area (Å²) in [5.74, 6) is 0.795. The highest BCUT2D eigenvalue weighted by Gasteiger charge is 2.29. The quantitative estimate of drug-likeness (QED) is 0.680. The van der Waals surface area contributed by atoms with Gasteiger partial charge in [-0.05, 0) is 39.3 Å². The first-order valence-corrected chi connectivity index (χ1v) is 4.99. The molecule has 2 nitrogen and oxygen atoms in total. The monoisotopic (exact) mass is 171 g/mol. The van der Waals surface area contributed by atoms with Gasteiger partial charge in [0.05, 0.1) is 6.10 Å². The van der Waals surface area contributed by atoms with Crippen LogP contribution < -0.4 is 0 Å². The molecule has 0 amide bonds. The van der Waals surface area contributed by atoms with Crippen LogP contribution in [0.3, 0.4) is 0 Å². The van der Waals surface area contributed by atoms with Gasteiger partial charge in [0.25, 0.3) is 0 Å². The van der Waals surface area contributed by atoms with E-state index in [1.807, 2.05) is 0 Å². The van der Waals surface area contributed by atoms with Crippen molar-refractivity contribution in [1.82, 2.24) is 4.90 Å². The van der Waals surface area contributed by atoms with Crippen LogP contribution >= 0.6 is 0 Å². The molecule has 0 spiro atoms. The number of rotatable bonds is 2. The summed E-state index contributed by atoms with van der Waals surface area (Å²) in [4.78, 5) is 2.26. The lowest BCUT2D eigenvalue weighted by Gasteiger charge is -2.37. The average molecular weight is 171 g/mol. The topological polar surface area (TPSA) is 23.5 Å². The normalized spacial score (nSPS) is 37.2. The van der Waals surface area contributed by atoms with E-state index in [0.29, 0.717) is 6.04 Å². The Bertz CT molecular complexity index is 136. The third-order valence-electron chi connectivity index (χ3n) is 3.12. The number of nitrogens with zero attached hydrogens (tertiary/aromatic N) is 1. The molecule has 0 bridgehead atoms. The summed E-state index contributed by atoms with van der Waals surface area (Å²) in [5.41, 5.74) is 0. The number of hydrogen-bond acceptors (Lipinski definition) is 2. The van der Waals surface area contributed by atoms with Crippen molar-refractivity contribution in [2.45, 2.75) is 44.8 Å². The molecule has 0 aromatic heterocycles. The van der Waals surface area contributed by atoms with Gasteiger partial charge in [-0.15, -0.1) is 0 Å². The highest BCUT2D eigenvalue weighted by Crippen LogP contribution is 2.29. The van der Waals surface area contributed by atoms with Crippen LogP contribution in [-0.2, 0) is 0 Å². The Labute approximate surface area is 75.6 Å². The molecule has 1 aliphatic carbocycles. The molecule has 1 fully saturated rings. The summed E-state index contributed by atoms with van der Waals surface area (Å²) in [6.45, 7) is 2.25. The second-order valence-electron chi connectivity index (χ2n) is 4.17. The van der Waals surface area contributed by atoms with Gasteiger partial charge in [-0.3, -0.25) is 0 Å². The maximum absolute atomic E-state index is 9.52. The summed E-state index contributed by atoms with van der Waals surface area (Å²) < 4.78 is 0. The molecular weight excluding hydrogens is 150 g/mol. The summed E-state index contributed by atoms with van der Waals surface area (Å²) in [6, 6.07) is 0.596. The molecule has 1 aliphatic rings. The van der Waals surface area contributed by atoms with Crippen LogP contribution in [0, 0.1) is 5.92 Å². The van der Waals surface area contributed by atoms with Crippen molar-refractivity contribution < 1.29 is 5.11 Å². The van der Waals surface area contributed by atoms with Crippen molar-refractivity contribution in [3.63, 3.8) is 0 Å². The Kier molecular flexibility index (Phi) is 3.53. The second-order valence-corrected chi connectivity index (χ2v) is 4.17. The molecular formula is C10H21NO. The minimum Gasteiger partial charge on any atom is -0.393 e. The molecule has 0 aliphatic heterocycles. The molecule has 0 radical (unpaired) electrons. The maximum Gasteiger partial charge on any atom is 0.0555 e. The highest BCUT2D eigenvalue weighted by atomic mass is 16.3. The van der Waals surface area contributed by atoms with Crippen molar-refractivity contribution >= 4 is 0 Å². The van der Waals surface area contributed by atoms with E-state index in [-0.39, 0.29) is 6.10 Å². The fourth-order valence-corrected chi connectivity index (χ4v) is 2.30. The summed E-state index contributed by atoms with van der Waals surface area (Å²) >= 11 is 0. The Morgan fingerprint density at radius 1 is 1.33 bits per heavy atom. The standard InChI is InChI=1S/C10H21NO/c1-4-8-5-6-9(12)7-10(8)11(2)3/h8-10,12H,4-7H2,1-3H3. The lowest BCUT2D eigenvalue weighted by molar-refractivity contribution is 0.0461. The van der Waals surface area contributed by atoms with E-state index in [0.717, 1.165) is 18.8 Å². The van der Waals surface area contributed by atoms with Crippen LogP contribution in [0.15, 0.2) is 0 Å². The third-order valence-corrected chi connectivity index (χ3v) is 3.12. The zero-order chi connectivity index (χ0) is 9.14. The first kappa shape index (κ1) is 10.0. The summed E-state index contributed by atoms with van der Waals surface area (Å²) in [6.07, 6.45) is 4.35. The average Bonchev–Trinajstić information content (AvgIpc) is 2.04. The Morgan fingerprint density at radius 2 is 2.00 bits per heavy atom. The molecule has 1 N–H and O–H groups in total. The number of aliphatic hydroxyl groups excluding tert-OH is 1. The minimum absolute atomic E-state index is 0.0554. The van der Waals surface area contributed by atoms with E-state index in [4.69, 9.17) is 0 Å². The molecule has 0 aromatic carbocycles. The zero-order valence-corrected chi connectivity index (χ0v) is 8.45. The molecule has 1 saturated carbocycles. The smallest absolute Gasteiger partial charge is 0.0555 e. The van der Waals surface area contributed by atoms with Crippen LogP contribution in [0.2, 0.25) is 0 Å². The molecule has 3 unspecified atom stereocenters. The molecule has 0 saturated heterocycles. The number of hydrogen-bond donors (Lipinski definition) is 1. The van der Waals surface area contributed by atoms with Crippen LogP contribution in [-0.4, -0.2) is 36.2 Å². The second kappa shape index (κ2) is 4.24. The molecule has 0 aromatic rings. The van der Waals surface area contributed by atoms with Gasteiger partial charge in [0.1, 0.15) is 0 Å². The SMILES string of the molecule is CCC1CCC(O)CC1N(C)C. The lowest BCUT2D eigenvalue weighted by atomic mass is 9.81. The van der Waals surface area contributed by atoms with Gasteiger partial charge < -0.3 is 10.0 Å². The van der Waals surface area contributed by atoms with E-state index in [9.17, 15) is 5.11 Å². The van der Waals surface area contributed by atoms with Gasteiger partial charge in [-0.1, -0.05) is 13.3 Å². The van der Waals surface area contributed by atoms with Crippen molar-refractivity contribution in [3.05, 3.63) is 0 Å². The predicted octanol–water partition coefficient (Wildman–Crippen LogP) is 1.49. The Morgan fingerprint density at radius 3 is 2.50 bits per heavy atom. The van der Waals surface area contributed by atoms with E-state index >= 15 is 0 Å². The lowest BCUT2D eigenvalue weighted by Crippen LogP contribution is -2.41. The zero-order valence-electron chi connectivity index (χ0n) is 8.45. The van der Waals surface area contributed by atoms with E-state index in [1.54, 1.807) is 0 Å². The van der Waals surface area contributed by atoms with Gasteiger partial charge in [-0.25, -0.2) is 0 Å². The van der Waals surface area contributed by atoms with Crippen molar-refractivity contribution in [2.75, 3.05) is 14.1 Å². The van der Waals surface area contributed by atoms with Crippen molar-refractivity contribution in [2.24, 2.45) is 5.92 Å². The van der Waals surface area contributed by atoms with Gasteiger partial charge >= 0.3 is 0 Å². The molecule has 3 atom stereocenters. The minimum atomic E-state index is -0.0554. The third kappa shape index (κ3) is 2.20. The van der Waals surface area contributed by atoms with Crippen LogP contribution in [0.4, 0.5) is 0 Å². The maximum atomic E-state index is 9.52. The van der Waals surface area contributed by atoms with Crippen LogP contribution in [0.5, 0.6) is 0 Å². The largest absolute Gasteiger partial charge is 0.393 e. The van der Waals surface area contributed by atoms with Gasteiger partial charge in [-0.2, -0.15) is 0 Å². The predicted molar refractivity (Wildman–Crippen MR) is 51.1 cm³/mol. The summed E-state index contributed by atoms with van der Waals surface area (Å²) in [5, 5.41) is 9.52. The number of aliphatic hydroxyl groups is 1. The fraction of sp³-hybridized carbons (Fsp3) is 1.00. The first-order chi connectivity index (χ1) is 5.65. The van der Waals surface area contributed by atoms with Crippen molar-refractivity contribution in [1.29, 1.82) is 0 Å². The van der Waals surface area contributed by atoms with Crippen LogP contribution in [0.25, 0.3) is 0 Å². The van der Waals surface area contributed by atoms with Gasteiger partial charge in [0.2, 0.25) is 0 Å². The molecule has 72 valence electrons. The molecule has 0 heterocycles. The Hall–Kier alpha value is -0.0800. The van der Waals surface area contributed by atoms with Gasteiger partial charge in [0.15, 0.2) is 0 Å².